The summed E-state index contributed by atoms with van der Waals surface area (Å²) in [6.45, 7) is 3.41. The second kappa shape index (κ2) is 8.24. The van der Waals surface area contributed by atoms with E-state index in [4.69, 9.17) is 0 Å². The van der Waals surface area contributed by atoms with Crippen LogP contribution in [-0.2, 0) is 14.8 Å². The van der Waals surface area contributed by atoms with Gasteiger partial charge in [0.2, 0.25) is 10.0 Å². The number of anilines is 2. The molecule has 7 heteroatoms. The molecule has 0 unspecified atom stereocenters. The highest BCUT2D eigenvalue weighted by molar-refractivity contribution is 8.00. The van der Waals surface area contributed by atoms with Gasteiger partial charge in [0.15, 0.2) is 0 Å². The van der Waals surface area contributed by atoms with Gasteiger partial charge in [-0.25, -0.2) is 8.42 Å². The van der Waals surface area contributed by atoms with Crippen molar-refractivity contribution in [2.24, 2.45) is 0 Å². The second-order valence-electron chi connectivity index (χ2n) is 7.34. The van der Waals surface area contributed by atoms with E-state index in [1.165, 1.54) is 4.31 Å². The average Bonchev–Trinajstić information content (AvgIpc) is 2.97. The molecular weight excluding hydrogens is 404 g/mol. The van der Waals surface area contributed by atoms with E-state index in [0.717, 1.165) is 22.6 Å². The molecule has 4 rings (SSSR count). The number of amides is 1. The molecule has 0 radical (unpaired) electrons. The average molecular weight is 429 g/mol. The molecule has 0 bridgehead atoms. The molecule has 2 aromatic rings. The Morgan fingerprint density at radius 1 is 1.10 bits per heavy atom. The van der Waals surface area contributed by atoms with E-state index in [9.17, 15) is 13.2 Å². The zero-order valence-electron chi connectivity index (χ0n) is 16.3. The first kappa shape index (κ1) is 20.0. The van der Waals surface area contributed by atoms with Crippen LogP contribution >= 0.6 is 11.8 Å². The number of fused-ring (bicyclic) bond motifs is 1. The molecule has 1 fully saturated rings. The summed E-state index contributed by atoms with van der Waals surface area (Å²) in [4.78, 5) is 15.9. The van der Waals surface area contributed by atoms with Crippen LogP contribution in [-0.4, -0.2) is 38.4 Å². The van der Waals surface area contributed by atoms with E-state index in [2.05, 4.69) is 13.0 Å². The quantitative estimate of drug-likeness (QED) is 0.689. The number of thioether (sulfide) groups is 1. The summed E-state index contributed by atoms with van der Waals surface area (Å²) >= 11 is 1.81. The van der Waals surface area contributed by atoms with E-state index in [1.807, 2.05) is 47.0 Å². The Hall–Kier alpha value is -2.25. The molecular formula is C22H24N2O3S2. The van der Waals surface area contributed by atoms with Gasteiger partial charge in [-0.1, -0.05) is 31.2 Å². The lowest BCUT2D eigenvalue weighted by atomic mass is 10.2. The fourth-order valence-electron chi connectivity index (χ4n) is 3.65. The minimum Gasteiger partial charge on any atom is -0.308 e. The van der Waals surface area contributed by atoms with Crippen LogP contribution in [0.4, 0.5) is 11.4 Å². The molecule has 0 aliphatic carbocycles. The van der Waals surface area contributed by atoms with Crippen LogP contribution < -0.4 is 9.21 Å². The van der Waals surface area contributed by atoms with Gasteiger partial charge in [0, 0.05) is 29.3 Å². The van der Waals surface area contributed by atoms with Crippen molar-refractivity contribution in [1.29, 1.82) is 0 Å². The van der Waals surface area contributed by atoms with Crippen LogP contribution in [0.5, 0.6) is 0 Å². The number of nitrogens with zero attached hydrogens (tertiary/aromatic N) is 2. The predicted octanol–water partition coefficient (Wildman–Crippen LogP) is 4.16. The number of sulfonamides is 1. The lowest BCUT2D eigenvalue weighted by molar-refractivity contribution is -0.114. The van der Waals surface area contributed by atoms with Crippen molar-refractivity contribution in [3.63, 3.8) is 0 Å². The molecule has 0 saturated carbocycles. The van der Waals surface area contributed by atoms with Gasteiger partial charge in [0.1, 0.15) is 0 Å². The topological polar surface area (TPSA) is 57.7 Å². The molecule has 0 N–H and O–H groups in total. The largest absolute Gasteiger partial charge is 0.308 e. The molecule has 2 heterocycles. The number of carbonyl (C=O) groups excluding carboxylic acids is 1. The SMILES string of the molecule is C[C@@H]1CCN(C(=O)/C=C/c2ccc(N3CCCS3(=O)=O)cc2)c2ccccc2S1. The summed E-state index contributed by atoms with van der Waals surface area (Å²) < 4.78 is 25.6. The van der Waals surface area contributed by atoms with E-state index >= 15 is 0 Å². The minimum absolute atomic E-state index is 0.0432. The van der Waals surface area contributed by atoms with Crippen LogP contribution in [0.2, 0.25) is 0 Å². The van der Waals surface area contributed by atoms with Crippen LogP contribution in [0.15, 0.2) is 59.5 Å². The third kappa shape index (κ3) is 4.36. The van der Waals surface area contributed by atoms with Crippen molar-refractivity contribution in [3.05, 3.63) is 60.2 Å². The maximum absolute atomic E-state index is 12.9. The zero-order chi connectivity index (χ0) is 20.4. The number of rotatable bonds is 3. The summed E-state index contributed by atoms with van der Waals surface area (Å²) in [7, 11) is -3.18. The Morgan fingerprint density at radius 3 is 2.59 bits per heavy atom. The van der Waals surface area contributed by atoms with Gasteiger partial charge in [0.05, 0.1) is 17.1 Å². The van der Waals surface area contributed by atoms with Crippen molar-refractivity contribution < 1.29 is 13.2 Å². The molecule has 152 valence electrons. The Bertz CT molecular complexity index is 1030. The maximum atomic E-state index is 12.9. The van der Waals surface area contributed by atoms with E-state index in [1.54, 1.807) is 24.3 Å². The Labute approximate surface area is 176 Å². The number of benzene rings is 2. The number of hydrogen-bond donors (Lipinski definition) is 0. The molecule has 2 aliphatic rings. The summed E-state index contributed by atoms with van der Waals surface area (Å²) in [5.41, 5.74) is 2.51. The molecule has 0 spiro atoms. The van der Waals surface area contributed by atoms with Gasteiger partial charge in [-0.3, -0.25) is 9.10 Å². The van der Waals surface area contributed by atoms with Crippen LogP contribution in [0.3, 0.4) is 0 Å². The highest BCUT2D eigenvalue weighted by atomic mass is 32.2. The lowest BCUT2D eigenvalue weighted by Crippen LogP contribution is -2.30. The van der Waals surface area contributed by atoms with Crippen LogP contribution in [0.1, 0.15) is 25.3 Å². The third-order valence-corrected chi connectivity index (χ3v) is 8.31. The van der Waals surface area contributed by atoms with Gasteiger partial charge in [-0.15, -0.1) is 11.8 Å². The van der Waals surface area contributed by atoms with Crippen molar-refractivity contribution in [1.82, 2.24) is 0 Å². The smallest absolute Gasteiger partial charge is 0.251 e. The molecule has 29 heavy (non-hydrogen) atoms. The summed E-state index contributed by atoms with van der Waals surface area (Å²) in [6.07, 6.45) is 4.98. The molecule has 5 nitrogen and oxygen atoms in total. The van der Waals surface area contributed by atoms with Gasteiger partial charge in [0.25, 0.3) is 5.91 Å². The normalized spacial score (nSPS) is 21.2. The fourth-order valence-corrected chi connectivity index (χ4v) is 6.33. The summed E-state index contributed by atoms with van der Waals surface area (Å²) in [5, 5.41) is 0.465. The van der Waals surface area contributed by atoms with Crippen molar-refractivity contribution in [2.75, 3.05) is 28.0 Å². The molecule has 1 amide bonds. The first-order valence-electron chi connectivity index (χ1n) is 9.80. The number of carbonyl (C=O) groups is 1. The van der Waals surface area contributed by atoms with Gasteiger partial charge in [-0.2, -0.15) is 0 Å². The molecule has 2 aliphatic heterocycles. The Kier molecular flexibility index (Phi) is 5.69. The Balaban J connectivity index is 1.50. The molecule has 1 saturated heterocycles. The first-order valence-corrected chi connectivity index (χ1v) is 12.3. The standard InChI is InChI=1S/C22H24N2O3S2/c1-17-13-15-23(20-5-2-3-6-21(20)28-17)22(25)12-9-18-7-10-19(11-8-18)24-14-4-16-29(24,26)27/h2-3,5-12,17H,4,13-16H2,1H3/b12-9+/t17-/m1/s1. The van der Waals surface area contributed by atoms with Crippen molar-refractivity contribution in [2.45, 2.75) is 29.9 Å². The predicted molar refractivity (Wildman–Crippen MR) is 120 cm³/mol. The van der Waals surface area contributed by atoms with E-state index < -0.39 is 10.0 Å². The molecule has 2 aromatic carbocycles. The number of para-hydroxylation sites is 1. The van der Waals surface area contributed by atoms with Gasteiger partial charge in [-0.05, 0) is 48.7 Å². The first-order chi connectivity index (χ1) is 13.9. The van der Waals surface area contributed by atoms with E-state index in [-0.39, 0.29) is 11.7 Å². The highest BCUT2D eigenvalue weighted by Crippen LogP contribution is 2.37. The molecule has 0 aromatic heterocycles. The lowest BCUT2D eigenvalue weighted by Gasteiger charge is -2.21. The van der Waals surface area contributed by atoms with E-state index in [0.29, 0.717) is 30.4 Å². The zero-order valence-corrected chi connectivity index (χ0v) is 18.0. The summed E-state index contributed by atoms with van der Waals surface area (Å²) in [5.74, 6) is 0.163. The fraction of sp³-hybridized carbons (Fsp3) is 0.318. The highest BCUT2D eigenvalue weighted by Gasteiger charge is 2.28. The third-order valence-electron chi connectivity index (χ3n) is 5.21. The Morgan fingerprint density at radius 2 is 1.86 bits per heavy atom. The van der Waals surface area contributed by atoms with Gasteiger partial charge >= 0.3 is 0 Å². The number of hydrogen-bond acceptors (Lipinski definition) is 4. The van der Waals surface area contributed by atoms with Gasteiger partial charge < -0.3 is 4.90 Å². The maximum Gasteiger partial charge on any atom is 0.251 e. The summed E-state index contributed by atoms with van der Waals surface area (Å²) in [6, 6.07) is 15.3. The van der Waals surface area contributed by atoms with Crippen LogP contribution in [0.25, 0.3) is 6.08 Å². The van der Waals surface area contributed by atoms with Crippen molar-refractivity contribution >= 4 is 45.1 Å². The second-order valence-corrected chi connectivity index (χ2v) is 10.8. The van der Waals surface area contributed by atoms with Crippen molar-refractivity contribution in [3.8, 4) is 0 Å². The van der Waals surface area contributed by atoms with Crippen LogP contribution in [0, 0.1) is 0 Å². The minimum atomic E-state index is -3.18. The molecule has 1 atom stereocenters. The monoisotopic (exact) mass is 428 g/mol.